The van der Waals surface area contributed by atoms with E-state index in [1.165, 1.54) is 32.1 Å². The van der Waals surface area contributed by atoms with Crippen molar-refractivity contribution in [1.82, 2.24) is 10.3 Å². The maximum atomic E-state index is 12.0. The molecule has 1 aromatic rings. The van der Waals surface area contributed by atoms with Gasteiger partial charge in [0.25, 0.3) is 0 Å². The first-order valence-electron chi connectivity index (χ1n) is 7.63. The highest BCUT2D eigenvalue weighted by Crippen LogP contribution is 2.26. The zero-order valence-electron chi connectivity index (χ0n) is 12.2. The summed E-state index contributed by atoms with van der Waals surface area (Å²) in [7, 11) is 0. The van der Waals surface area contributed by atoms with Gasteiger partial charge in [-0.1, -0.05) is 25.3 Å². The van der Waals surface area contributed by atoms with E-state index in [0.717, 1.165) is 5.56 Å². The van der Waals surface area contributed by atoms with Crippen LogP contribution in [0.25, 0.3) is 0 Å². The zero-order chi connectivity index (χ0) is 14.2. The number of ether oxygens (including phenoxy) is 1. The van der Waals surface area contributed by atoms with E-state index in [0.29, 0.717) is 31.4 Å². The predicted octanol–water partition coefficient (Wildman–Crippen LogP) is 3.07. The van der Waals surface area contributed by atoms with Crippen molar-refractivity contribution in [3.8, 4) is 5.88 Å². The van der Waals surface area contributed by atoms with Crippen LogP contribution in [0.3, 0.4) is 0 Å². The molecule has 0 bridgehead atoms. The van der Waals surface area contributed by atoms with Crippen LogP contribution in [0.15, 0.2) is 18.3 Å². The van der Waals surface area contributed by atoms with Crippen LogP contribution in [0.4, 0.5) is 0 Å². The third-order valence-corrected chi connectivity index (χ3v) is 3.81. The van der Waals surface area contributed by atoms with Crippen LogP contribution in [-0.4, -0.2) is 17.5 Å². The molecule has 1 aromatic heterocycles. The summed E-state index contributed by atoms with van der Waals surface area (Å²) < 4.78 is 5.46. The molecule has 1 aliphatic carbocycles. The second kappa shape index (κ2) is 7.88. The minimum atomic E-state index is 0.142. The highest BCUT2D eigenvalue weighted by atomic mass is 16.5. The molecule has 1 heterocycles. The molecule has 1 aliphatic rings. The van der Waals surface area contributed by atoms with Gasteiger partial charge in [0.1, 0.15) is 0 Å². The summed E-state index contributed by atoms with van der Waals surface area (Å²) in [4.78, 5) is 16.2. The second-order valence-corrected chi connectivity index (χ2v) is 5.39. The molecular formula is C16H24N2O2. The summed E-state index contributed by atoms with van der Waals surface area (Å²) in [6.45, 7) is 3.01. The smallest absolute Gasteiger partial charge is 0.220 e. The number of carbonyl (C=O) groups is 1. The number of hydrogen-bond donors (Lipinski definition) is 1. The van der Waals surface area contributed by atoms with Gasteiger partial charge in [-0.25, -0.2) is 4.98 Å². The lowest BCUT2D eigenvalue weighted by Crippen LogP contribution is -2.26. The number of nitrogens with one attached hydrogen (secondary N) is 1. The van der Waals surface area contributed by atoms with E-state index < -0.39 is 0 Å². The standard InChI is InChI=1S/C16H24N2O2/c1-2-20-16-14(9-6-10-17-16)12-18-15(19)11-13-7-4-3-5-8-13/h6,9-10,13H,2-5,7-8,11-12H2,1H3,(H,18,19). The van der Waals surface area contributed by atoms with Gasteiger partial charge in [-0.2, -0.15) is 0 Å². The van der Waals surface area contributed by atoms with Crippen LogP contribution in [-0.2, 0) is 11.3 Å². The van der Waals surface area contributed by atoms with Crippen molar-refractivity contribution in [2.24, 2.45) is 5.92 Å². The molecule has 0 saturated heterocycles. The monoisotopic (exact) mass is 276 g/mol. The molecule has 0 aromatic carbocycles. The first-order chi connectivity index (χ1) is 9.79. The molecule has 0 aliphatic heterocycles. The Labute approximate surface area is 120 Å². The minimum Gasteiger partial charge on any atom is -0.478 e. The van der Waals surface area contributed by atoms with Crippen molar-refractivity contribution in [3.63, 3.8) is 0 Å². The number of aromatic nitrogens is 1. The van der Waals surface area contributed by atoms with Crippen molar-refractivity contribution in [3.05, 3.63) is 23.9 Å². The molecule has 1 saturated carbocycles. The molecular weight excluding hydrogens is 252 g/mol. The average Bonchev–Trinajstić information content (AvgIpc) is 2.48. The maximum absolute atomic E-state index is 12.0. The van der Waals surface area contributed by atoms with Crippen molar-refractivity contribution in [2.75, 3.05) is 6.61 Å². The van der Waals surface area contributed by atoms with Gasteiger partial charge >= 0.3 is 0 Å². The highest BCUT2D eigenvalue weighted by Gasteiger charge is 2.17. The second-order valence-electron chi connectivity index (χ2n) is 5.39. The van der Waals surface area contributed by atoms with Crippen LogP contribution in [0.5, 0.6) is 5.88 Å². The first kappa shape index (κ1) is 14.8. The minimum absolute atomic E-state index is 0.142. The summed E-state index contributed by atoms with van der Waals surface area (Å²) >= 11 is 0. The Kier molecular flexibility index (Phi) is 5.84. The van der Waals surface area contributed by atoms with Gasteiger partial charge in [0.2, 0.25) is 11.8 Å². The fourth-order valence-electron chi connectivity index (χ4n) is 2.74. The Hall–Kier alpha value is -1.58. The predicted molar refractivity (Wildman–Crippen MR) is 78.4 cm³/mol. The van der Waals surface area contributed by atoms with E-state index in [1.807, 2.05) is 19.1 Å². The third-order valence-electron chi connectivity index (χ3n) is 3.81. The fourth-order valence-corrected chi connectivity index (χ4v) is 2.74. The van der Waals surface area contributed by atoms with Crippen LogP contribution in [0, 0.1) is 5.92 Å². The summed E-state index contributed by atoms with van der Waals surface area (Å²) in [5, 5.41) is 2.99. The van der Waals surface area contributed by atoms with E-state index in [9.17, 15) is 4.79 Å². The van der Waals surface area contributed by atoms with Crippen LogP contribution >= 0.6 is 0 Å². The zero-order valence-corrected chi connectivity index (χ0v) is 12.2. The normalized spacial score (nSPS) is 15.8. The number of rotatable bonds is 6. The Morgan fingerprint density at radius 3 is 2.95 bits per heavy atom. The van der Waals surface area contributed by atoms with Gasteiger partial charge in [-0.3, -0.25) is 4.79 Å². The molecule has 1 fully saturated rings. The Bertz CT molecular complexity index is 428. The summed E-state index contributed by atoms with van der Waals surface area (Å²) in [5.41, 5.74) is 0.936. The van der Waals surface area contributed by atoms with Crippen molar-refractivity contribution < 1.29 is 9.53 Å². The van der Waals surface area contributed by atoms with Crippen LogP contribution in [0.2, 0.25) is 0 Å². The molecule has 0 atom stereocenters. The van der Waals surface area contributed by atoms with Crippen LogP contribution in [0.1, 0.15) is 51.0 Å². The highest BCUT2D eigenvalue weighted by molar-refractivity contribution is 5.76. The van der Waals surface area contributed by atoms with Crippen molar-refractivity contribution >= 4 is 5.91 Å². The topological polar surface area (TPSA) is 51.2 Å². The first-order valence-corrected chi connectivity index (χ1v) is 7.63. The van der Waals surface area contributed by atoms with Gasteiger partial charge < -0.3 is 10.1 Å². The summed E-state index contributed by atoms with van der Waals surface area (Å²) in [6.07, 6.45) is 8.63. The largest absolute Gasteiger partial charge is 0.478 e. The number of hydrogen-bond acceptors (Lipinski definition) is 3. The van der Waals surface area contributed by atoms with Crippen molar-refractivity contribution in [1.29, 1.82) is 0 Å². The van der Waals surface area contributed by atoms with E-state index in [-0.39, 0.29) is 5.91 Å². The van der Waals surface area contributed by atoms with E-state index in [1.54, 1.807) is 6.20 Å². The molecule has 1 N–H and O–H groups in total. The van der Waals surface area contributed by atoms with Crippen LogP contribution < -0.4 is 10.1 Å². The fraction of sp³-hybridized carbons (Fsp3) is 0.625. The summed E-state index contributed by atoms with van der Waals surface area (Å²) in [5.74, 6) is 1.33. The van der Waals surface area contributed by atoms with Gasteiger partial charge in [0.15, 0.2) is 0 Å². The molecule has 0 unspecified atom stereocenters. The Morgan fingerprint density at radius 2 is 2.20 bits per heavy atom. The quantitative estimate of drug-likeness (QED) is 0.868. The summed E-state index contributed by atoms with van der Waals surface area (Å²) in [6, 6.07) is 3.81. The van der Waals surface area contributed by atoms with Crippen molar-refractivity contribution in [2.45, 2.75) is 52.0 Å². The average molecular weight is 276 g/mol. The molecule has 0 radical (unpaired) electrons. The van der Waals surface area contributed by atoms with E-state index >= 15 is 0 Å². The number of amides is 1. The molecule has 4 nitrogen and oxygen atoms in total. The Morgan fingerprint density at radius 1 is 1.40 bits per heavy atom. The number of nitrogens with zero attached hydrogens (tertiary/aromatic N) is 1. The van der Waals surface area contributed by atoms with Gasteiger partial charge in [-0.15, -0.1) is 0 Å². The van der Waals surface area contributed by atoms with E-state index in [4.69, 9.17) is 4.74 Å². The molecule has 2 rings (SSSR count). The molecule has 4 heteroatoms. The molecule has 0 spiro atoms. The molecule has 1 amide bonds. The Balaban J connectivity index is 1.80. The van der Waals surface area contributed by atoms with Gasteiger partial charge in [0, 0.05) is 24.7 Å². The lowest BCUT2D eigenvalue weighted by Gasteiger charge is -2.20. The van der Waals surface area contributed by atoms with Gasteiger partial charge in [0.05, 0.1) is 6.61 Å². The van der Waals surface area contributed by atoms with E-state index in [2.05, 4.69) is 10.3 Å². The molecule has 20 heavy (non-hydrogen) atoms. The van der Waals surface area contributed by atoms with Gasteiger partial charge in [-0.05, 0) is 31.7 Å². The lowest BCUT2D eigenvalue weighted by molar-refractivity contribution is -0.122. The molecule has 110 valence electrons. The maximum Gasteiger partial charge on any atom is 0.220 e. The third kappa shape index (κ3) is 4.51. The SMILES string of the molecule is CCOc1ncccc1CNC(=O)CC1CCCCC1. The lowest BCUT2D eigenvalue weighted by atomic mass is 9.87. The number of carbonyl (C=O) groups excluding carboxylic acids is 1. The number of pyridine rings is 1.